The lowest BCUT2D eigenvalue weighted by Crippen LogP contribution is -2.16. The number of thioether (sulfide) groups is 1. The zero-order valence-electron chi connectivity index (χ0n) is 16.7. The highest BCUT2D eigenvalue weighted by molar-refractivity contribution is 7.98. The van der Waals surface area contributed by atoms with E-state index < -0.39 is 0 Å². The first-order valence-corrected chi connectivity index (χ1v) is 11.0. The molecular weight excluding hydrogens is 401 g/mol. The maximum absolute atomic E-state index is 13.4. The fourth-order valence-electron chi connectivity index (χ4n) is 3.78. The van der Waals surface area contributed by atoms with E-state index in [1.807, 2.05) is 16.7 Å². The Morgan fingerprint density at radius 2 is 2.07 bits per heavy atom. The molecule has 4 aromatic rings. The molecule has 1 unspecified atom stereocenters. The zero-order chi connectivity index (χ0) is 20.5. The maximum atomic E-state index is 13.4. The van der Waals surface area contributed by atoms with Crippen LogP contribution in [0.25, 0.3) is 17.0 Å². The number of fused-ring (bicyclic) bond motifs is 1. The van der Waals surface area contributed by atoms with E-state index in [9.17, 15) is 4.39 Å². The van der Waals surface area contributed by atoms with E-state index in [-0.39, 0.29) is 11.9 Å². The normalized spacial score (nSPS) is 16.5. The molecule has 154 valence electrons. The van der Waals surface area contributed by atoms with Crippen molar-refractivity contribution in [3.8, 4) is 11.4 Å². The van der Waals surface area contributed by atoms with Gasteiger partial charge in [0.15, 0.2) is 11.0 Å². The van der Waals surface area contributed by atoms with Crippen molar-refractivity contribution in [2.45, 2.75) is 43.3 Å². The van der Waals surface area contributed by atoms with E-state index >= 15 is 0 Å². The molecule has 6 nitrogen and oxygen atoms in total. The van der Waals surface area contributed by atoms with E-state index in [0.717, 1.165) is 52.9 Å². The first kappa shape index (κ1) is 19.3. The van der Waals surface area contributed by atoms with Crippen molar-refractivity contribution in [3.63, 3.8) is 0 Å². The van der Waals surface area contributed by atoms with Crippen LogP contribution in [-0.2, 0) is 17.0 Å². The van der Waals surface area contributed by atoms with Crippen LogP contribution in [0.5, 0.6) is 0 Å². The summed E-state index contributed by atoms with van der Waals surface area (Å²) in [7, 11) is 0. The van der Waals surface area contributed by atoms with E-state index in [1.54, 1.807) is 23.9 Å². The van der Waals surface area contributed by atoms with Gasteiger partial charge in [0, 0.05) is 30.3 Å². The summed E-state index contributed by atoms with van der Waals surface area (Å²) >= 11 is 1.61. The van der Waals surface area contributed by atoms with Gasteiger partial charge in [0.1, 0.15) is 11.5 Å². The lowest BCUT2D eigenvalue weighted by Gasteiger charge is -2.14. The van der Waals surface area contributed by atoms with E-state index in [0.29, 0.717) is 12.3 Å². The van der Waals surface area contributed by atoms with Crippen molar-refractivity contribution >= 4 is 17.4 Å². The molecule has 1 fully saturated rings. The van der Waals surface area contributed by atoms with Crippen molar-refractivity contribution in [2.75, 3.05) is 6.61 Å². The van der Waals surface area contributed by atoms with Crippen molar-refractivity contribution in [1.29, 1.82) is 0 Å². The minimum absolute atomic E-state index is 0.150. The highest BCUT2D eigenvalue weighted by atomic mass is 32.2. The van der Waals surface area contributed by atoms with Crippen LogP contribution >= 0.6 is 11.8 Å². The Kier molecular flexibility index (Phi) is 5.26. The summed E-state index contributed by atoms with van der Waals surface area (Å²) in [6.45, 7) is 3.54. The number of rotatable bonds is 6. The molecule has 0 saturated carbocycles. The minimum atomic E-state index is -0.263. The Hall–Kier alpha value is -2.71. The highest BCUT2D eigenvalue weighted by Crippen LogP contribution is 2.28. The van der Waals surface area contributed by atoms with Crippen molar-refractivity contribution < 1.29 is 9.13 Å². The Labute approximate surface area is 178 Å². The molecule has 1 atom stereocenters. The standard InChI is InChI=1S/C22H22FN5OS/c1-15-4-2-10-27-12-18(24-20(15)27)14-30-22-26-25-21(16-6-8-17(23)9-7-16)28(22)13-19-5-3-11-29-19/h2,4,6-10,12,19H,3,5,11,13-14H2,1H3. The molecule has 1 aliphatic heterocycles. The number of hydrogen-bond acceptors (Lipinski definition) is 5. The molecule has 30 heavy (non-hydrogen) atoms. The highest BCUT2D eigenvalue weighted by Gasteiger charge is 2.22. The van der Waals surface area contributed by atoms with Gasteiger partial charge in [-0.2, -0.15) is 0 Å². The third-order valence-electron chi connectivity index (χ3n) is 5.31. The predicted molar refractivity (Wildman–Crippen MR) is 114 cm³/mol. The van der Waals surface area contributed by atoms with Crippen LogP contribution in [-0.4, -0.2) is 36.9 Å². The number of hydrogen-bond donors (Lipinski definition) is 0. The zero-order valence-corrected chi connectivity index (χ0v) is 17.5. The molecule has 0 amide bonds. The summed E-state index contributed by atoms with van der Waals surface area (Å²) in [5.41, 5.74) is 3.95. The van der Waals surface area contributed by atoms with Gasteiger partial charge in [0.05, 0.1) is 18.3 Å². The quantitative estimate of drug-likeness (QED) is 0.427. The van der Waals surface area contributed by atoms with Crippen LogP contribution in [0.2, 0.25) is 0 Å². The van der Waals surface area contributed by atoms with Crippen molar-refractivity contribution in [3.05, 3.63) is 65.9 Å². The molecule has 0 N–H and O–H groups in total. The van der Waals surface area contributed by atoms with Crippen LogP contribution in [0.4, 0.5) is 4.39 Å². The molecule has 0 bridgehead atoms. The van der Waals surface area contributed by atoms with Gasteiger partial charge in [-0.3, -0.25) is 4.57 Å². The smallest absolute Gasteiger partial charge is 0.191 e. The van der Waals surface area contributed by atoms with Gasteiger partial charge >= 0.3 is 0 Å². The average Bonchev–Trinajstić information content (AvgIpc) is 3.48. The van der Waals surface area contributed by atoms with Crippen LogP contribution in [0, 0.1) is 12.7 Å². The van der Waals surface area contributed by atoms with Gasteiger partial charge in [-0.1, -0.05) is 17.8 Å². The molecule has 0 aliphatic carbocycles. The molecule has 0 spiro atoms. The SMILES string of the molecule is Cc1cccn2cc(CSc3nnc(-c4ccc(F)cc4)n3CC3CCCO3)nc12. The number of aromatic nitrogens is 5. The first-order valence-electron chi connectivity index (χ1n) is 10.0. The van der Waals surface area contributed by atoms with Gasteiger partial charge < -0.3 is 9.14 Å². The summed E-state index contributed by atoms with van der Waals surface area (Å²) < 4.78 is 23.4. The number of nitrogens with zero attached hydrogens (tertiary/aromatic N) is 5. The molecule has 8 heteroatoms. The molecular formula is C22H22FN5OS. The lowest BCUT2D eigenvalue weighted by atomic mass is 10.2. The van der Waals surface area contributed by atoms with Crippen LogP contribution in [0.15, 0.2) is 53.9 Å². The average molecular weight is 424 g/mol. The van der Waals surface area contributed by atoms with Crippen molar-refractivity contribution in [2.24, 2.45) is 0 Å². The van der Waals surface area contributed by atoms with Crippen molar-refractivity contribution in [1.82, 2.24) is 24.1 Å². The van der Waals surface area contributed by atoms with Gasteiger partial charge in [-0.05, 0) is 55.7 Å². The summed E-state index contributed by atoms with van der Waals surface area (Å²) in [5.74, 6) is 1.16. The third kappa shape index (κ3) is 3.85. The van der Waals surface area contributed by atoms with E-state index in [2.05, 4.69) is 34.0 Å². The Bertz CT molecular complexity index is 1160. The second-order valence-corrected chi connectivity index (χ2v) is 8.44. The largest absolute Gasteiger partial charge is 0.376 e. The van der Waals surface area contributed by atoms with Gasteiger partial charge in [-0.25, -0.2) is 9.37 Å². The summed E-state index contributed by atoms with van der Waals surface area (Å²) in [6, 6.07) is 10.5. The molecule has 4 heterocycles. The topological polar surface area (TPSA) is 57.2 Å². The van der Waals surface area contributed by atoms with Crippen LogP contribution in [0.1, 0.15) is 24.1 Å². The summed E-state index contributed by atoms with van der Waals surface area (Å²) in [4.78, 5) is 4.75. The molecule has 1 saturated heterocycles. The molecule has 1 aromatic carbocycles. The molecule has 5 rings (SSSR count). The number of benzene rings is 1. The molecule has 0 radical (unpaired) electrons. The number of aryl methyl sites for hydroxylation is 1. The molecule has 3 aromatic heterocycles. The third-order valence-corrected chi connectivity index (χ3v) is 6.31. The number of pyridine rings is 1. The van der Waals surface area contributed by atoms with E-state index in [1.165, 1.54) is 12.1 Å². The second kappa shape index (κ2) is 8.20. The number of ether oxygens (including phenoxy) is 1. The Morgan fingerprint density at radius 3 is 2.83 bits per heavy atom. The maximum Gasteiger partial charge on any atom is 0.191 e. The van der Waals surface area contributed by atoms with Crippen LogP contribution < -0.4 is 0 Å². The van der Waals surface area contributed by atoms with Gasteiger partial charge in [-0.15, -0.1) is 10.2 Å². The summed E-state index contributed by atoms with van der Waals surface area (Å²) in [5, 5.41) is 9.67. The van der Waals surface area contributed by atoms with Gasteiger partial charge in [0.2, 0.25) is 0 Å². The number of imidazole rings is 1. The second-order valence-electron chi connectivity index (χ2n) is 7.50. The van der Waals surface area contributed by atoms with E-state index in [4.69, 9.17) is 9.72 Å². The lowest BCUT2D eigenvalue weighted by molar-refractivity contribution is 0.0953. The Morgan fingerprint density at radius 1 is 1.20 bits per heavy atom. The predicted octanol–water partition coefficient (Wildman–Crippen LogP) is 4.51. The Balaban J connectivity index is 1.42. The van der Waals surface area contributed by atoms with Gasteiger partial charge in [0.25, 0.3) is 0 Å². The fourth-order valence-corrected chi connectivity index (χ4v) is 4.61. The molecule has 1 aliphatic rings. The fraction of sp³-hybridized carbons (Fsp3) is 0.318. The summed E-state index contributed by atoms with van der Waals surface area (Å²) in [6.07, 6.45) is 6.31. The van der Waals surface area contributed by atoms with Crippen LogP contribution in [0.3, 0.4) is 0 Å². The number of halogens is 1. The monoisotopic (exact) mass is 423 g/mol. The first-order chi connectivity index (χ1) is 14.7. The minimum Gasteiger partial charge on any atom is -0.376 e.